The van der Waals surface area contributed by atoms with Crippen LogP contribution in [0.5, 0.6) is 0 Å². The Balaban J connectivity index is 0.000000112. The molecule has 1 atom stereocenters. The Labute approximate surface area is 848 Å². The largest absolute Gasteiger partial charge is 0.370 e. The van der Waals surface area contributed by atoms with Crippen molar-refractivity contribution in [3.8, 4) is 56.8 Å². The smallest absolute Gasteiger partial charge is 0.258 e. The number of nitrogens with zero attached hydrogens (tertiary/aromatic N) is 27. The first-order chi connectivity index (χ1) is 70.9. The molecule has 24 rings (SSSR count). The highest BCUT2D eigenvalue weighted by Gasteiger charge is 2.27. The van der Waals surface area contributed by atoms with Crippen molar-refractivity contribution < 1.29 is 0 Å². The zero-order valence-electron chi connectivity index (χ0n) is 86.3. The highest BCUT2D eigenvalue weighted by atomic mass is 16.1. The topological polar surface area (TPSA) is 356 Å². The Bertz CT molecular complexity index is 8860. The van der Waals surface area contributed by atoms with Gasteiger partial charge in [-0.25, -0.2) is 43.0 Å². The van der Waals surface area contributed by atoms with E-state index in [-0.39, 0.29) is 27.8 Å². The van der Waals surface area contributed by atoms with Crippen molar-refractivity contribution in [2.45, 2.75) is 152 Å². The Morgan fingerprint density at radius 2 is 0.850 bits per heavy atom. The molecule has 0 spiro atoms. The number of nitrogens with one attached hydrogen (secondary N) is 3. The van der Waals surface area contributed by atoms with Crippen LogP contribution in [0, 0.1) is 68.2 Å². The molecule has 23 heterocycles. The van der Waals surface area contributed by atoms with Gasteiger partial charge in [0, 0.05) is 105 Å². The standard InChI is InChI=1S/C23H27N7O.C23H26N6O.C23H24N6O.C22H23N5O.C21H24N6O/c1-15-11-30-21(16(2)24-15)9-20(26-30)19-10-23(31)29-14-18(5-6-22(29)25-19)28-8-7-17(13-28)12-27(3)4;2*1-4-18-21-10-20(27-29(21)12-15(3)25-18)19-11-22(30)28-13-17(9-14(2)23(28)26-19)16-5-7-24-8-6-16;1-14-9-18(15-5-7-23-8-6-15)13-27-21(28)11-19(25-22(14)27)16-3-4-20-17(10-16)12-24-26(20)2;1-14-12-27-19(15(2)22-14)10-18(24-27)17-11-21(28)26-13-16(6-5-9-25(3)4)7-8-20(26)23-17/h5-6,9-11,14,17H,7-8,12-13H2,1-4H3;9-13,16,24H,4-8H2,1-3H3;5,9-13,24H,4,6-8H2,1-3H3;3-4,9-13,15,23H,5-8H2,1-2H3;7-8,10-13H,5-6,9H2,1-4H3/t17-;;;;/m0..../s1. The normalized spacial score (nSPS) is 14.8. The summed E-state index contributed by atoms with van der Waals surface area (Å²) in [6.07, 6.45) is 31.4. The van der Waals surface area contributed by atoms with E-state index in [0.717, 1.165) is 246 Å². The molecule has 147 heavy (non-hydrogen) atoms. The van der Waals surface area contributed by atoms with Crippen molar-refractivity contribution >= 4 is 72.5 Å². The van der Waals surface area contributed by atoms with Crippen LogP contribution in [0.15, 0.2) is 207 Å². The van der Waals surface area contributed by atoms with Gasteiger partial charge in [0.05, 0.1) is 138 Å². The van der Waals surface area contributed by atoms with Gasteiger partial charge >= 0.3 is 0 Å². The lowest BCUT2D eigenvalue weighted by atomic mass is 9.90. The van der Waals surface area contributed by atoms with E-state index in [1.165, 1.54) is 23.1 Å². The second kappa shape index (κ2) is 41.8. The Kier molecular flexibility index (Phi) is 28.1. The number of anilines is 1. The molecule has 0 saturated carbocycles. The van der Waals surface area contributed by atoms with Crippen molar-refractivity contribution in [2.24, 2.45) is 13.0 Å². The van der Waals surface area contributed by atoms with E-state index < -0.39 is 0 Å². The van der Waals surface area contributed by atoms with Gasteiger partial charge in [0.2, 0.25) is 0 Å². The maximum atomic E-state index is 13.0. The zero-order chi connectivity index (χ0) is 102. The van der Waals surface area contributed by atoms with E-state index >= 15 is 0 Å². The third kappa shape index (κ3) is 21.0. The van der Waals surface area contributed by atoms with Gasteiger partial charge < -0.3 is 30.7 Å². The maximum Gasteiger partial charge on any atom is 0.258 e. The Morgan fingerprint density at radius 3 is 1.35 bits per heavy atom. The van der Waals surface area contributed by atoms with Gasteiger partial charge in [0.1, 0.15) is 51.0 Å². The van der Waals surface area contributed by atoms with Gasteiger partial charge in [0.25, 0.3) is 27.8 Å². The summed E-state index contributed by atoms with van der Waals surface area (Å²) in [6, 6.07) is 36.2. The molecule has 4 aliphatic rings. The van der Waals surface area contributed by atoms with Crippen molar-refractivity contribution in [2.75, 3.05) is 98.5 Å². The predicted octanol–water partition coefficient (Wildman–Crippen LogP) is 14.0. The van der Waals surface area contributed by atoms with Crippen LogP contribution in [0.4, 0.5) is 5.69 Å². The Morgan fingerprint density at radius 1 is 0.395 bits per heavy atom. The first-order valence-electron chi connectivity index (χ1n) is 50.8. The van der Waals surface area contributed by atoms with Crippen LogP contribution in [-0.4, -0.2) is 219 Å². The van der Waals surface area contributed by atoms with Gasteiger partial charge in [-0.05, 0) is 317 Å². The Hall–Kier alpha value is -15.7. The summed E-state index contributed by atoms with van der Waals surface area (Å²) in [5.74, 6) is 1.64. The van der Waals surface area contributed by atoms with Crippen LogP contribution in [0.3, 0.4) is 0 Å². The van der Waals surface area contributed by atoms with Crippen LogP contribution in [0.1, 0.15) is 155 Å². The number of piperidine rings is 2. The molecule has 35 heteroatoms. The minimum absolute atomic E-state index is 0.0369. The van der Waals surface area contributed by atoms with E-state index in [0.29, 0.717) is 91.6 Å². The highest BCUT2D eigenvalue weighted by molar-refractivity contribution is 5.84. The number of aromatic nitrogens is 24. The quantitative estimate of drug-likeness (QED) is 0.0762. The van der Waals surface area contributed by atoms with E-state index in [4.69, 9.17) is 19.9 Å². The molecule has 35 nitrogen and oxygen atoms in total. The van der Waals surface area contributed by atoms with Gasteiger partial charge in [-0.3, -0.25) is 70.6 Å². The fourth-order valence-electron chi connectivity index (χ4n) is 20.8. The zero-order valence-corrected chi connectivity index (χ0v) is 86.3. The molecule has 4 aliphatic heterocycles. The van der Waals surface area contributed by atoms with Crippen molar-refractivity contribution in [1.29, 1.82) is 0 Å². The number of aryl methyl sites for hydroxylation is 13. The summed E-state index contributed by atoms with van der Waals surface area (Å²) in [7, 11) is 10.3. The van der Waals surface area contributed by atoms with Crippen molar-refractivity contribution in [1.82, 2.24) is 141 Å². The lowest BCUT2D eigenvalue weighted by molar-refractivity contribution is 0.340. The predicted molar refractivity (Wildman–Crippen MR) is 577 cm³/mol. The molecule has 3 fully saturated rings. The molecule has 0 unspecified atom stereocenters. The maximum absolute atomic E-state index is 13.0. The molecule has 19 aromatic heterocycles. The fourth-order valence-corrected chi connectivity index (χ4v) is 20.8. The lowest BCUT2D eigenvalue weighted by Gasteiger charge is -2.23. The number of pyridine rings is 5. The molecule has 0 aliphatic carbocycles. The number of fused-ring (bicyclic) bond motifs is 10. The van der Waals surface area contributed by atoms with Crippen LogP contribution in [-0.2, 0) is 26.3 Å². The first kappa shape index (κ1) is 98.7. The average Bonchev–Trinajstić information content (AvgIpc) is 1.78. The molecule has 20 aromatic rings. The fraction of sp³-hybridized carbons (Fsp3) is 0.348. The van der Waals surface area contributed by atoms with Crippen molar-refractivity contribution in [3.63, 3.8) is 0 Å². The SMILES string of the molecule is CCc1nc(C)cn2nc(-c3cc(=O)n4cc(C5=CCNCC5)cc(C)c4n3)cc12.CCc1nc(C)cn2nc(-c3cc(=O)n4cc(C5CCNCC5)cc(C)c4n3)cc12.Cc1cc(C2CCNCC2)cn2c(=O)cc(-c3ccc4c(cnn4C)c3)nc12.Cc1cn2nc(-c3cc(=O)n4cc(CCCN(C)C)ccc4n3)cc2c(C)n1.Cc1cn2nc(-c3cc(=O)n4cc(N5CC[C@@H](CN(C)C)C5)ccc4n3)cc2c(C)n1. The van der Waals surface area contributed by atoms with E-state index in [9.17, 15) is 24.0 Å². The van der Waals surface area contributed by atoms with Crippen LogP contribution < -0.4 is 48.6 Å². The number of hydrogen-bond acceptors (Lipinski definition) is 25. The molecule has 0 bridgehead atoms. The summed E-state index contributed by atoms with van der Waals surface area (Å²) in [4.78, 5) is 113. The molecule has 752 valence electrons. The second-order valence-corrected chi connectivity index (χ2v) is 40.0. The molecular formula is C112H124N30O5. The summed E-state index contributed by atoms with van der Waals surface area (Å²) >= 11 is 0. The summed E-state index contributed by atoms with van der Waals surface area (Å²) in [5, 5.41) is 34.0. The van der Waals surface area contributed by atoms with E-state index in [2.05, 4.69) is 153 Å². The van der Waals surface area contributed by atoms with Gasteiger partial charge in [-0.1, -0.05) is 44.2 Å². The average molecular weight is 1970 g/mol. The molecule has 3 N–H and O–H groups in total. The molecule has 0 amide bonds. The van der Waals surface area contributed by atoms with Crippen LogP contribution in [0.25, 0.3) is 124 Å². The minimum Gasteiger partial charge on any atom is -0.370 e. The summed E-state index contributed by atoms with van der Waals surface area (Å²) in [6.45, 7) is 32.0. The highest BCUT2D eigenvalue weighted by Crippen LogP contribution is 2.34. The molecule has 1 aromatic carbocycles. The molecule has 0 radical (unpaired) electrons. The number of benzene rings is 1. The number of rotatable bonds is 17. The molecular weight excluding hydrogens is 1850 g/mol. The van der Waals surface area contributed by atoms with Crippen molar-refractivity contribution in [3.05, 3.63) is 320 Å². The van der Waals surface area contributed by atoms with Gasteiger partial charge in [-0.15, -0.1) is 0 Å². The van der Waals surface area contributed by atoms with Crippen LogP contribution >= 0.6 is 0 Å². The second-order valence-electron chi connectivity index (χ2n) is 40.0. The minimum atomic E-state index is -0.103. The summed E-state index contributed by atoms with van der Waals surface area (Å²) < 4.78 is 17.4. The summed E-state index contributed by atoms with van der Waals surface area (Å²) in [5.41, 5.74) is 31.9. The monoisotopic (exact) mass is 1970 g/mol. The number of hydrogen-bond donors (Lipinski definition) is 3. The van der Waals surface area contributed by atoms with E-state index in [1.54, 1.807) is 61.4 Å². The third-order valence-electron chi connectivity index (χ3n) is 28.2. The first-order valence-corrected chi connectivity index (χ1v) is 50.8. The van der Waals surface area contributed by atoms with E-state index in [1.807, 2.05) is 206 Å². The lowest BCUT2D eigenvalue weighted by Crippen LogP contribution is -2.27. The molecule has 3 saturated heterocycles. The van der Waals surface area contributed by atoms with Gasteiger partial charge in [-0.2, -0.15) is 25.5 Å². The van der Waals surface area contributed by atoms with Crippen LogP contribution in [0.2, 0.25) is 0 Å². The van der Waals surface area contributed by atoms with Gasteiger partial charge in [0.15, 0.2) is 0 Å². The third-order valence-corrected chi connectivity index (χ3v) is 28.2.